The van der Waals surface area contributed by atoms with E-state index in [2.05, 4.69) is 15.1 Å². The Morgan fingerprint density at radius 2 is 1.49 bits per heavy atom. The average molecular weight is 580 g/mol. The number of methoxy groups -OCH3 is 2. The van der Waals surface area contributed by atoms with Gasteiger partial charge in [0.1, 0.15) is 6.54 Å². The number of ether oxygens (including phenoxy) is 2. The van der Waals surface area contributed by atoms with Crippen molar-refractivity contribution in [2.75, 3.05) is 51.8 Å². The first-order valence-corrected chi connectivity index (χ1v) is 14.4. The van der Waals surface area contributed by atoms with Crippen LogP contribution in [0.5, 0.6) is 11.5 Å². The average Bonchev–Trinajstić information content (AvgIpc) is 3.07. The number of rotatable bonds is 10. The number of aromatic nitrogens is 2. The Bertz CT molecular complexity index is 1510. The first-order valence-electron chi connectivity index (χ1n) is 14.4. The lowest BCUT2D eigenvalue weighted by Crippen LogP contribution is -2.52. The Balaban J connectivity index is 1.22. The van der Waals surface area contributed by atoms with Crippen molar-refractivity contribution in [2.45, 2.75) is 19.4 Å². The van der Waals surface area contributed by atoms with Gasteiger partial charge in [0.15, 0.2) is 17.3 Å². The molecule has 9 nitrogen and oxygen atoms in total. The number of nitrogens with zero attached hydrogens (tertiary/aromatic N) is 5. The molecule has 1 saturated heterocycles. The highest BCUT2D eigenvalue weighted by Crippen LogP contribution is 2.31. The van der Waals surface area contributed by atoms with Crippen molar-refractivity contribution in [1.82, 2.24) is 20.0 Å². The molecule has 0 spiro atoms. The van der Waals surface area contributed by atoms with Gasteiger partial charge in [-0.2, -0.15) is 0 Å². The summed E-state index contributed by atoms with van der Waals surface area (Å²) in [6.45, 7) is 4.34. The molecule has 2 heterocycles. The molecule has 0 aliphatic carbocycles. The maximum Gasteiger partial charge on any atom is 0.242 e. The number of hydrogen-bond acceptors (Lipinski definition) is 7. The normalized spacial score (nSPS) is 13.7. The summed E-state index contributed by atoms with van der Waals surface area (Å²) in [6, 6.07) is 28.8. The smallest absolute Gasteiger partial charge is 0.242 e. The van der Waals surface area contributed by atoms with Crippen LogP contribution in [0.4, 0.5) is 5.82 Å². The van der Waals surface area contributed by atoms with Crippen molar-refractivity contribution in [1.29, 1.82) is 0 Å². The molecule has 1 aliphatic rings. The van der Waals surface area contributed by atoms with Crippen LogP contribution >= 0.6 is 0 Å². The lowest BCUT2D eigenvalue weighted by atomic mass is 10.0. The van der Waals surface area contributed by atoms with Gasteiger partial charge >= 0.3 is 0 Å². The van der Waals surface area contributed by atoms with Gasteiger partial charge in [-0.1, -0.05) is 60.7 Å². The van der Waals surface area contributed by atoms with Crippen molar-refractivity contribution in [2.24, 2.45) is 0 Å². The van der Waals surface area contributed by atoms with Crippen LogP contribution in [0.1, 0.15) is 24.1 Å². The van der Waals surface area contributed by atoms with Crippen LogP contribution in [0.2, 0.25) is 0 Å². The maximum atomic E-state index is 13.5. The number of piperazine rings is 1. The van der Waals surface area contributed by atoms with Crippen LogP contribution in [-0.4, -0.2) is 78.8 Å². The van der Waals surface area contributed by atoms with E-state index in [4.69, 9.17) is 9.47 Å². The standard InChI is InChI=1S/C34H37N5O4/c1-25(27-12-8-5-9-13-27)39(33(40)22-26-10-6-4-7-11-26)24-34(41)38-20-18-37(19-21-38)32-17-15-29(35-36-32)28-14-16-30(42-2)31(23-28)43-3/h4-17,23,25H,18-22,24H2,1-3H3. The highest BCUT2D eigenvalue weighted by Gasteiger charge is 2.28. The zero-order valence-electron chi connectivity index (χ0n) is 24.8. The molecule has 43 heavy (non-hydrogen) atoms. The van der Waals surface area contributed by atoms with Gasteiger partial charge in [-0.3, -0.25) is 9.59 Å². The first kappa shape index (κ1) is 29.6. The van der Waals surface area contributed by atoms with E-state index in [1.165, 1.54) is 0 Å². The summed E-state index contributed by atoms with van der Waals surface area (Å²) in [5, 5.41) is 8.90. The van der Waals surface area contributed by atoms with Gasteiger partial charge in [-0.15, -0.1) is 10.2 Å². The van der Waals surface area contributed by atoms with Crippen LogP contribution in [-0.2, 0) is 16.0 Å². The lowest BCUT2D eigenvalue weighted by Gasteiger charge is -2.37. The Labute approximate surface area is 252 Å². The van der Waals surface area contributed by atoms with Crippen LogP contribution in [0.25, 0.3) is 11.3 Å². The molecule has 9 heteroatoms. The summed E-state index contributed by atoms with van der Waals surface area (Å²) in [6.07, 6.45) is 0.247. The predicted octanol–water partition coefficient (Wildman–Crippen LogP) is 4.64. The molecule has 5 rings (SSSR count). The topological polar surface area (TPSA) is 88.1 Å². The van der Waals surface area contributed by atoms with Gasteiger partial charge in [-0.05, 0) is 48.4 Å². The van der Waals surface area contributed by atoms with E-state index in [0.29, 0.717) is 37.7 Å². The van der Waals surface area contributed by atoms with Gasteiger partial charge < -0.3 is 24.2 Å². The second-order valence-electron chi connectivity index (χ2n) is 10.5. The molecule has 2 amide bonds. The minimum absolute atomic E-state index is 0.0293. The molecule has 1 atom stereocenters. The third-order valence-electron chi connectivity index (χ3n) is 7.86. The number of benzene rings is 3. The van der Waals surface area contributed by atoms with Crippen molar-refractivity contribution in [3.8, 4) is 22.8 Å². The molecule has 1 aromatic heterocycles. The van der Waals surface area contributed by atoms with Crippen LogP contribution in [0.15, 0.2) is 91.0 Å². The highest BCUT2D eigenvalue weighted by molar-refractivity contribution is 5.86. The summed E-state index contributed by atoms with van der Waals surface area (Å²) < 4.78 is 10.7. The van der Waals surface area contributed by atoms with E-state index in [1.54, 1.807) is 19.1 Å². The van der Waals surface area contributed by atoms with Crippen molar-refractivity contribution < 1.29 is 19.1 Å². The molecule has 222 valence electrons. The van der Waals surface area contributed by atoms with E-state index in [9.17, 15) is 9.59 Å². The van der Waals surface area contributed by atoms with Crippen molar-refractivity contribution >= 4 is 17.6 Å². The Morgan fingerprint density at radius 3 is 2.12 bits per heavy atom. The molecule has 0 radical (unpaired) electrons. The molecule has 0 saturated carbocycles. The fourth-order valence-corrected chi connectivity index (χ4v) is 5.30. The van der Waals surface area contributed by atoms with Gasteiger partial charge in [0.05, 0.1) is 32.4 Å². The molecule has 3 aromatic carbocycles. The Hall–Kier alpha value is -4.92. The zero-order valence-corrected chi connectivity index (χ0v) is 24.8. The van der Waals surface area contributed by atoms with E-state index < -0.39 is 0 Å². The van der Waals surface area contributed by atoms with E-state index in [0.717, 1.165) is 28.2 Å². The summed E-state index contributed by atoms with van der Waals surface area (Å²) in [5.41, 5.74) is 3.53. The second-order valence-corrected chi connectivity index (χ2v) is 10.5. The third kappa shape index (κ3) is 7.12. The minimum Gasteiger partial charge on any atom is -0.493 e. The van der Waals surface area contributed by atoms with Gasteiger partial charge in [0.25, 0.3) is 0 Å². The number of carbonyl (C=O) groups excluding carboxylic acids is 2. The van der Waals surface area contributed by atoms with Gasteiger partial charge in [-0.25, -0.2) is 0 Å². The van der Waals surface area contributed by atoms with Crippen LogP contribution < -0.4 is 14.4 Å². The molecule has 1 aliphatic heterocycles. The van der Waals surface area contributed by atoms with Gasteiger partial charge in [0, 0.05) is 31.7 Å². The van der Waals surface area contributed by atoms with E-state index >= 15 is 0 Å². The summed E-state index contributed by atoms with van der Waals surface area (Å²) in [4.78, 5) is 32.7. The Morgan fingerprint density at radius 1 is 0.814 bits per heavy atom. The molecule has 1 fully saturated rings. The first-order chi connectivity index (χ1) is 21.0. The molecular formula is C34H37N5O4. The molecular weight excluding hydrogens is 542 g/mol. The second kappa shape index (κ2) is 13.8. The number of carbonyl (C=O) groups is 2. The fourth-order valence-electron chi connectivity index (χ4n) is 5.30. The lowest BCUT2D eigenvalue weighted by molar-refractivity contribution is -0.142. The van der Waals surface area contributed by atoms with Crippen molar-refractivity contribution in [3.05, 3.63) is 102 Å². The number of hydrogen-bond donors (Lipinski definition) is 0. The van der Waals surface area contributed by atoms with E-state index in [1.807, 2.05) is 103 Å². The maximum absolute atomic E-state index is 13.5. The molecule has 1 unspecified atom stereocenters. The number of amides is 2. The van der Waals surface area contributed by atoms with Gasteiger partial charge in [0.2, 0.25) is 11.8 Å². The molecule has 0 bridgehead atoms. The van der Waals surface area contributed by atoms with E-state index in [-0.39, 0.29) is 30.8 Å². The molecule has 4 aromatic rings. The SMILES string of the molecule is COc1ccc(-c2ccc(N3CCN(C(=O)CN(C(=O)Cc4ccccc4)C(C)c4ccccc4)CC3)nn2)cc1OC. The predicted molar refractivity (Wildman–Crippen MR) is 166 cm³/mol. The van der Waals surface area contributed by atoms with Crippen LogP contribution in [0.3, 0.4) is 0 Å². The Kier molecular flexibility index (Phi) is 9.51. The summed E-state index contributed by atoms with van der Waals surface area (Å²) in [7, 11) is 3.21. The highest BCUT2D eigenvalue weighted by atomic mass is 16.5. The monoisotopic (exact) mass is 579 g/mol. The minimum atomic E-state index is -0.234. The largest absolute Gasteiger partial charge is 0.493 e. The zero-order chi connectivity index (χ0) is 30.2. The fraction of sp³-hybridized carbons (Fsp3) is 0.294. The summed E-state index contributed by atoms with van der Waals surface area (Å²) >= 11 is 0. The summed E-state index contributed by atoms with van der Waals surface area (Å²) in [5.74, 6) is 1.92. The third-order valence-corrected chi connectivity index (χ3v) is 7.86. The quantitative estimate of drug-likeness (QED) is 0.271. The number of anilines is 1. The van der Waals surface area contributed by atoms with Crippen LogP contribution in [0, 0.1) is 0 Å². The molecule has 0 N–H and O–H groups in total. The van der Waals surface area contributed by atoms with Crippen molar-refractivity contribution in [3.63, 3.8) is 0 Å².